The lowest BCUT2D eigenvalue weighted by Gasteiger charge is -2.23. The number of carbonyl (C=O) groups excluding carboxylic acids is 2. The number of anilines is 1. The molecule has 2 aromatic carbocycles. The Morgan fingerprint density at radius 2 is 1.89 bits per heavy atom. The average Bonchev–Trinajstić information content (AvgIpc) is 2.98. The highest BCUT2D eigenvalue weighted by molar-refractivity contribution is 6.31. The monoisotopic (exact) mass is 419 g/mol. The van der Waals surface area contributed by atoms with Crippen molar-refractivity contribution in [2.75, 3.05) is 25.5 Å². The molecule has 0 radical (unpaired) electrons. The maximum absolute atomic E-state index is 12.5. The number of halogens is 2. The molecule has 8 heteroatoms. The van der Waals surface area contributed by atoms with Gasteiger partial charge in [0.15, 0.2) is 0 Å². The predicted molar refractivity (Wildman–Crippen MR) is 110 cm³/mol. The summed E-state index contributed by atoms with van der Waals surface area (Å²) in [4.78, 5) is 24.9. The van der Waals surface area contributed by atoms with Crippen LogP contribution in [0.1, 0.15) is 12.5 Å². The Hall–Kier alpha value is -2.57. The molecule has 6 nitrogen and oxygen atoms in total. The standard InChI is InChI=1S/C20H19Cl2N3O3/c1-20(19(27)28-2)12-25(24-18(20)13-6-8-14(21)9-7-13)11-17(26)23-16-5-3-4-15(22)10-16/h3-10H,11-12H2,1-2H3,(H,23,26). The molecule has 146 valence electrons. The Kier molecular flexibility index (Phi) is 5.91. The fraction of sp³-hybridized carbons (Fsp3) is 0.250. The maximum Gasteiger partial charge on any atom is 0.319 e. The van der Waals surface area contributed by atoms with E-state index in [9.17, 15) is 9.59 Å². The Labute approximate surface area is 173 Å². The molecule has 0 saturated heterocycles. The van der Waals surface area contributed by atoms with Crippen molar-refractivity contribution in [1.82, 2.24) is 5.01 Å². The zero-order chi connectivity index (χ0) is 20.3. The Morgan fingerprint density at radius 3 is 2.54 bits per heavy atom. The summed E-state index contributed by atoms with van der Waals surface area (Å²) < 4.78 is 4.99. The van der Waals surface area contributed by atoms with Gasteiger partial charge in [-0.05, 0) is 42.8 Å². The molecule has 1 atom stereocenters. The number of hydrazone groups is 1. The number of esters is 1. The average molecular weight is 420 g/mol. The van der Waals surface area contributed by atoms with Crippen LogP contribution in [0.2, 0.25) is 10.0 Å². The lowest BCUT2D eigenvalue weighted by Crippen LogP contribution is -2.41. The van der Waals surface area contributed by atoms with Gasteiger partial charge in [-0.15, -0.1) is 0 Å². The van der Waals surface area contributed by atoms with Crippen molar-refractivity contribution in [2.24, 2.45) is 10.5 Å². The molecule has 3 rings (SSSR count). The Bertz CT molecular complexity index is 931. The number of hydrogen-bond acceptors (Lipinski definition) is 5. The highest BCUT2D eigenvalue weighted by Gasteiger charge is 2.47. The van der Waals surface area contributed by atoms with Crippen LogP contribution in [0.15, 0.2) is 53.6 Å². The van der Waals surface area contributed by atoms with Crippen LogP contribution in [0.4, 0.5) is 5.69 Å². The van der Waals surface area contributed by atoms with Crippen molar-refractivity contribution < 1.29 is 14.3 Å². The molecular formula is C20H19Cl2N3O3. The number of amides is 1. The number of methoxy groups -OCH3 is 1. The topological polar surface area (TPSA) is 71.0 Å². The first-order valence-electron chi connectivity index (χ1n) is 8.55. The molecule has 1 aliphatic heterocycles. The maximum atomic E-state index is 12.5. The number of carbonyl (C=O) groups is 2. The van der Waals surface area contributed by atoms with Gasteiger partial charge in [-0.1, -0.05) is 41.4 Å². The van der Waals surface area contributed by atoms with Crippen molar-refractivity contribution in [3.05, 3.63) is 64.1 Å². The molecule has 0 aliphatic carbocycles. The van der Waals surface area contributed by atoms with E-state index < -0.39 is 11.4 Å². The number of ether oxygens (including phenoxy) is 1. The SMILES string of the molecule is COC(=O)C1(C)CN(CC(=O)Nc2cccc(Cl)c2)N=C1c1ccc(Cl)cc1. The number of benzene rings is 2. The minimum atomic E-state index is -1.00. The van der Waals surface area contributed by atoms with Crippen LogP contribution >= 0.6 is 23.2 Å². The third kappa shape index (κ3) is 4.29. The van der Waals surface area contributed by atoms with E-state index in [1.165, 1.54) is 7.11 Å². The second-order valence-electron chi connectivity index (χ2n) is 6.66. The van der Waals surface area contributed by atoms with Gasteiger partial charge in [0.25, 0.3) is 0 Å². The van der Waals surface area contributed by atoms with Gasteiger partial charge in [-0.3, -0.25) is 14.6 Å². The van der Waals surface area contributed by atoms with Gasteiger partial charge in [0.2, 0.25) is 5.91 Å². The van der Waals surface area contributed by atoms with Gasteiger partial charge in [0.1, 0.15) is 12.0 Å². The second-order valence-corrected chi connectivity index (χ2v) is 7.53. The quantitative estimate of drug-likeness (QED) is 0.747. The highest BCUT2D eigenvalue weighted by atomic mass is 35.5. The van der Waals surface area contributed by atoms with Crippen molar-refractivity contribution in [1.29, 1.82) is 0 Å². The normalized spacial score (nSPS) is 18.6. The Morgan fingerprint density at radius 1 is 1.18 bits per heavy atom. The van der Waals surface area contributed by atoms with Crippen molar-refractivity contribution in [3.8, 4) is 0 Å². The summed E-state index contributed by atoms with van der Waals surface area (Å²) in [6.45, 7) is 1.96. The van der Waals surface area contributed by atoms with Crippen LogP contribution in [-0.2, 0) is 14.3 Å². The number of rotatable bonds is 5. The minimum absolute atomic E-state index is 0.0177. The van der Waals surface area contributed by atoms with Gasteiger partial charge in [-0.25, -0.2) is 0 Å². The smallest absolute Gasteiger partial charge is 0.319 e. The third-order valence-electron chi connectivity index (χ3n) is 4.45. The van der Waals surface area contributed by atoms with Gasteiger partial charge >= 0.3 is 5.97 Å². The van der Waals surface area contributed by atoms with E-state index in [4.69, 9.17) is 27.9 Å². The summed E-state index contributed by atoms with van der Waals surface area (Å²) in [6, 6.07) is 13.9. The van der Waals surface area contributed by atoms with Crippen LogP contribution in [0, 0.1) is 5.41 Å². The minimum Gasteiger partial charge on any atom is -0.468 e. The molecule has 0 fully saturated rings. The first-order chi connectivity index (χ1) is 13.3. The lowest BCUT2D eigenvalue weighted by molar-refractivity contribution is -0.148. The van der Waals surface area contributed by atoms with Gasteiger partial charge in [0, 0.05) is 15.7 Å². The molecule has 0 spiro atoms. The molecule has 1 unspecified atom stereocenters. The molecule has 28 heavy (non-hydrogen) atoms. The number of nitrogens with one attached hydrogen (secondary N) is 1. The lowest BCUT2D eigenvalue weighted by atomic mass is 9.82. The summed E-state index contributed by atoms with van der Waals surface area (Å²) in [5.74, 6) is -0.686. The zero-order valence-corrected chi connectivity index (χ0v) is 16.9. The molecule has 0 bridgehead atoms. The second kappa shape index (κ2) is 8.20. The molecular weight excluding hydrogens is 401 g/mol. The Balaban J connectivity index is 1.81. The number of nitrogens with zero attached hydrogens (tertiary/aromatic N) is 2. The zero-order valence-electron chi connectivity index (χ0n) is 15.4. The predicted octanol–water partition coefficient (Wildman–Crippen LogP) is 3.83. The molecule has 1 N–H and O–H groups in total. The van der Waals surface area contributed by atoms with Gasteiger partial charge < -0.3 is 10.1 Å². The fourth-order valence-electron chi connectivity index (χ4n) is 3.12. The molecule has 1 amide bonds. The van der Waals surface area contributed by atoms with E-state index in [0.29, 0.717) is 21.4 Å². The molecule has 0 aromatic heterocycles. The largest absolute Gasteiger partial charge is 0.468 e. The number of hydrogen-bond donors (Lipinski definition) is 1. The summed E-state index contributed by atoms with van der Waals surface area (Å²) in [5, 5.41) is 9.97. The van der Waals surface area contributed by atoms with Gasteiger partial charge in [-0.2, -0.15) is 5.10 Å². The highest BCUT2D eigenvalue weighted by Crippen LogP contribution is 2.33. The van der Waals surface area contributed by atoms with Crippen molar-refractivity contribution >= 4 is 46.5 Å². The molecule has 1 aliphatic rings. The van der Waals surface area contributed by atoms with Crippen LogP contribution in [0.25, 0.3) is 0 Å². The van der Waals surface area contributed by atoms with Crippen molar-refractivity contribution in [2.45, 2.75) is 6.92 Å². The summed E-state index contributed by atoms with van der Waals surface area (Å²) in [5.41, 5.74) is 0.870. The van der Waals surface area contributed by atoms with Gasteiger partial charge in [0.05, 0.1) is 19.4 Å². The summed E-state index contributed by atoms with van der Waals surface area (Å²) in [7, 11) is 1.33. The summed E-state index contributed by atoms with van der Waals surface area (Å²) in [6.07, 6.45) is 0. The van der Waals surface area contributed by atoms with Crippen LogP contribution in [-0.4, -0.2) is 42.8 Å². The summed E-state index contributed by atoms with van der Waals surface area (Å²) >= 11 is 11.9. The molecule has 0 saturated carbocycles. The molecule has 2 aromatic rings. The van der Waals surface area contributed by atoms with E-state index in [1.54, 1.807) is 60.5 Å². The third-order valence-corrected chi connectivity index (χ3v) is 4.94. The molecule has 1 heterocycles. The van der Waals surface area contributed by atoms with E-state index in [2.05, 4.69) is 10.4 Å². The van der Waals surface area contributed by atoms with E-state index in [0.717, 1.165) is 5.56 Å². The first kappa shape index (κ1) is 20.2. The van der Waals surface area contributed by atoms with Crippen LogP contribution in [0.3, 0.4) is 0 Å². The fourth-order valence-corrected chi connectivity index (χ4v) is 3.44. The first-order valence-corrected chi connectivity index (χ1v) is 9.31. The van der Waals surface area contributed by atoms with Crippen LogP contribution in [0.5, 0.6) is 0 Å². The van der Waals surface area contributed by atoms with Crippen molar-refractivity contribution in [3.63, 3.8) is 0 Å². The van der Waals surface area contributed by atoms with E-state index in [1.807, 2.05) is 0 Å². The van der Waals surface area contributed by atoms with E-state index in [-0.39, 0.29) is 19.0 Å². The van der Waals surface area contributed by atoms with Crippen LogP contribution < -0.4 is 5.32 Å². The van der Waals surface area contributed by atoms with E-state index >= 15 is 0 Å².